The van der Waals surface area contributed by atoms with Crippen molar-refractivity contribution >= 4 is 90.5 Å². The number of amides is 2. The molecule has 0 bridgehead atoms. The SMILES string of the molecule is CI.Cc1sc(C(=O)c2c[nH]c3ccccc23)nc1C(=O)NCCOCCN(C)C.Cc1sc(C(=O)c2c[nH]c3ccccc23)nc1C(=O)NCCOCC[N+](C)(C)C.[I-]. The van der Waals surface area contributed by atoms with Crippen molar-refractivity contribution in [2.45, 2.75) is 13.8 Å². The number of rotatable bonds is 18. The molecule has 14 nitrogen and oxygen atoms in total. The zero-order valence-electron chi connectivity index (χ0n) is 35.2. The van der Waals surface area contributed by atoms with Crippen molar-refractivity contribution < 1.29 is 57.1 Å². The van der Waals surface area contributed by atoms with Gasteiger partial charge in [0.15, 0.2) is 10.0 Å². The van der Waals surface area contributed by atoms with E-state index in [2.05, 4.69) is 74.3 Å². The topological polar surface area (TPSA) is 171 Å². The second-order valence-electron chi connectivity index (χ2n) is 14.6. The fourth-order valence-corrected chi connectivity index (χ4v) is 7.32. The lowest BCUT2D eigenvalue weighted by molar-refractivity contribution is -0.870. The van der Waals surface area contributed by atoms with Gasteiger partial charge in [0.25, 0.3) is 11.8 Å². The zero-order valence-corrected chi connectivity index (χ0v) is 41.2. The van der Waals surface area contributed by atoms with E-state index in [-0.39, 0.29) is 47.4 Å². The molecule has 0 spiro atoms. The van der Waals surface area contributed by atoms with E-state index in [0.29, 0.717) is 76.9 Å². The number of likely N-dealkylation sites (N-methyl/N-ethyl adjacent to an activating group) is 2. The molecule has 324 valence electrons. The van der Waals surface area contributed by atoms with Crippen molar-refractivity contribution in [1.29, 1.82) is 0 Å². The lowest BCUT2D eigenvalue weighted by atomic mass is 10.1. The molecule has 0 saturated heterocycles. The molecular weight excluding hydrogens is 1030 g/mol. The summed E-state index contributed by atoms with van der Waals surface area (Å²) in [6.45, 7) is 8.26. The van der Waals surface area contributed by atoms with Crippen molar-refractivity contribution in [2.24, 2.45) is 0 Å². The number of quaternary nitrogens is 1. The van der Waals surface area contributed by atoms with Gasteiger partial charge >= 0.3 is 0 Å². The van der Waals surface area contributed by atoms with Gasteiger partial charge in [-0.15, -0.1) is 22.7 Å². The molecule has 6 aromatic rings. The monoisotopic (exact) mass is 1080 g/mol. The lowest BCUT2D eigenvalue weighted by Gasteiger charge is -2.23. The van der Waals surface area contributed by atoms with Crippen LogP contribution in [0.5, 0.6) is 0 Å². The second kappa shape index (κ2) is 24.7. The standard InChI is InChI=1S/C21H26N4O3S.C20H24N4O3S.CH3I.HI/c1-14-18(20(27)22-9-11-28-12-10-25(2,3)4)24-21(29-14)19(26)16-13-23-17-8-6-5-7-15(16)17;1-13-17(19(26)21-8-10-27-11-9-24(2)3)23-20(28-13)18(25)15-12-22-16-7-5-4-6-14(15)16;1-2;/h5-8,13H,9-12H2,1-4H3,(H-,22,23,26,27);4-7,12,22H,8-11H2,1-3H3,(H,21,26);1H3;1H. The number of thiazole rings is 2. The average Bonchev–Trinajstić information content (AvgIpc) is 4.02. The predicted molar refractivity (Wildman–Crippen MR) is 245 cm³/mol. The Morgan fingerprint density at radius 1 is 0.700 bits per heavy atom. The number of benzene rings is 2. The van der Waals surface area contributed by atoms with Crippen LogP contribution in [0.1, 0.15) is 61.5 Å². The third-order valence-electron chi connectivity index (χ3n) is 8.73. The normalized spacial score (nSPS) is 11.0. The third kappa shape index (κ3) is 14.5. The Morgan fingerprint density at radius 2 is 1.12 bits per heavy atom. The lowest BCUT2D eigenvalue weighted by Crippen LogP contribution is -3.00. The maximum Gasteiger partial charge on any atom is 0.271 e. The van der Waals surface area contributed by atoms with Crippen molar-refractivity contribution in [2.75, 3.05) is 92.8 Å². The summed E-state index contributed by atoms with van der Waals surface area (Å²) >= 11 is 4.62. The number of carbonyl (C=O) groups excluding carboxylic acids is 4. The van der Waals surface area contributed by atoms with Crippen LogP contribution in [0.2, 0.25) is 0 Å². The highest BCUT2D eigenvalue weighted by molar-refractivity contribution is 14.1. The largest absolute Gasteiger partial charge is 1.00 e. The molecule has 18 heteroatoms. The molecule has 0 aliphatic rings. The maximum absolute atomic E-state index is 12.9. The summed E-state index contributed by atoms with van der Waals surface area (Å²) in [5, 5.41) is 7.93. The van der Waals surface area contributed by atoms with Gasteiger partial charge in [-0.3, -0.25) is 19.2 Å². The summed E-state index contributed by atoms with van der Waals surface area (Å²) in [6, 6.07) is 15.2. The molecular formula is C42H54I2N8O6S2. The Kier molecular flexibility index (Phi) is 20.9. The highest BCUT2D eigenvalue weighted by Gasteiger charge is 2.24. The molecule has 0 fully saturated rings. The number of ketones is 2. The van der Waals surface area contributed by atoms with E-state index in [1.807, 2.05) is 72.5 Å². The fourth-order valence-electron chi connectivity index (χ4n) is 5.59. The smallest absolute Gasteiger partial charge is 0.271 e. The quantitative estimate of drug-likeness (QED) is 0.0332. The highest BCUT2D eigenvalue weighted by Crippen LogP contribution is 2.26. The molecule has 0 atom stereocenters. The first-order chi connectivity index (χ1) is 28.2. The Morgan fingerprint density at radius 3 is 1.53 bits per heavy atom. The van der Waals surface area contributed by atoms with Crippen LogP contribution in [0.25, 0.3) is 21.8 Å². The van der Waals surface area contributed by atoms with Crippen LogP contribution < -0.4 is 34.6 Å². The van der Waals surface area contributed by atoms with Crippen LogP contribution in [0, 0.1) is 13.8 Å². The van der Waals surface area contributed by atoms with Crippen LogP contribution in [0.4, 0.5) is 0 Å². The molecule has 0 aliphatic carbocycles. The minimum atomic E-state index is -0.289. The first-order valence-electron chi connectivity index (χ1n) is 18.9. The average molecular weight is 1080 g/mol. The summed E-state index contributed by atoms with van der Waals surface area (Å²) in [7, 11) is 10.3. The second-order valence-corrected chi connectivity index (χ2v) is 17.0. The van der Waals surface area contributed by atoms with Crippen LogP contribution in [-0.4, -0.2) is 145 Å². The number of nitrogens with one attached hydrogen (secondary N) is 4. The molecule has 2 aromatic carbocycles. The van der Waals surface area contributed by atoms with E-state index in [0.717, 1.165) is 44.3 Å². The van der Waals surface area contributed by atoms with E-state index in [1.54, 1.807) is 26.2 Å². The van der Waals surface area contributed by atoms with Gasteiger partial charge in [-0.05, 0) is 45.0 Å². The van der Waals surface area contributed by atoms with Gasteiger partial charge in [0.2, 0.25) is 11.6 Å². The zero-order chi connectivity index (χ0) is 43.1. The van der Waals surface area contributed by atoms with Crippen molar-refractivity contribution in [3.63, 3.8) is 0 Å². The number of H-pyrrole nitrogens is 2. The number of fused-ring (bicyclic) bond motifs is 2. The minimum absolute atomic E-state index is 0. The van der Waals surface area contributed by atoms with Crippen molar-refractivity contribution in [3.8, 4) is 0 Å². The van der Waals surface area contributed by atoms with Crippen molar-refractivity contribution in [1.82, 2.24) is 35.5 Å². The molecule has 0 unspecified atom stereocenters. The number of ether oxygens (including phenoxy) is 2. The Labute approximate surface area is 390 Å². The Balaban J connectivity index is 0.000000303. The van der Waals surface area contributed by atoms with E-state index in [9.17, 15) is 19.2 Å². The molecule has 0 aliphatic heterocycles. The minimum Gasteiger partial charge on any atom is -1.00 e. The number of aromatic amines is 2. The molecule has 4 heterocycles. The molecule has 0 saturated carbocycles. The summed E-state index contributed by atoms with van der Waals surface area (Å²) in [4.78, 5) is 70.9. The maximum atomic E-state index is 12.9. The molecule has 4 N–H and O–H groups in total. The van der Waals surface area contributed by atoms with Crippen LogP contribution in [-0.2, 0) is 9.47 Å². The number of alkyl halides is 1. The van der Waals surface area contributed by atoms with E-state index < -0.39 is 0 Å². The summed E-state index contributed by atoms with van der Waals surface area (Å²) in [5.41, 5.74) is 3.50. The predicted octanol–water partition coefficient (Wildman–Crippen LogP) is 3.14. The van der Waals surface area contributed by atoms with Gasteiger partial charge < -0.3 is 63.4 Å². The van der Waals surface area contributed by atoms with Gasteiger partial charge in [0.05, 0.1) is 58.7 Å². The third-order valence-corrected chi connectivity index (χ3v) is 10.7. The van der Waals surface area contributed by atoms with Gasteiger partial charge in [0.1, 0.15) is 17.9 Å². The van der Waals surface area contributed by atoms with Gasteiger partial charge in [-0.2, -0.15) is 0 Å². The van der Waals surface area contributed by atoms with Crippen LogP contribution in [0.15, 0.2) is 60.9 Å². The number of aromatic nitrogens is 4. The first-order valence-corrected chi connectivity index (χ1v) is 22.7. The summed E-state index contributed by atoms with van der Waals surface area (Å²) in [6.07, 6.45) is 3.38. The van der Waals surface area contributed by atoms with Crippen LogP contribution in [0.3, 0.4) is 0 Å². The summed E-state index contributed by atoms with van der Waals surface area (Å²) < 4.78 is 11.8. The first kappa shape index (κ1) is 50.7. The number of halogens is 2. The Hall–Kier alpha value is -3.64. The van der Waals surface area contributed by atoms with E-state index in [1.165, 1.54) is 22.7 Å². The van der Waals surface area contributed by atoms with Crippen molar-refractivity contribution in [3.05, 3.63) is 103 Å². The number of hydrogen-bond donors (Lipinski definition) is 4. The van der Waals surface area contributed by atoms with Gasteiger partial charge in [-0.1, -0.05) is 59.0 Å². The highest BCUT2D eigenvalue weighted by atomic mass is 127. The summed E-state index contributed by atoms with van der Waals surface area (Å²) in [5.74, 6) is -0.940. The fraction of sp³-hybridized carbons (Fsp3) is 0.381. The molecule has 2 amide bonds. The van der Waals surface area contributed by atoms with Gasteiger partial charge in [0, 0.05) is 63.6 Å². The number of carbonyl (C=O) groups is 4. The number of nitrogens with zero attached hydrogens (tertiary/aromatic N) is 4. The number of para-hydroxylation sites is 2. The van der Waals surface area contributed by atoms with Gasteiger partial charge in [-0.25, -0.2) is 9.97 Å². The molecule has 6 rings (SSSR count). The Bertz CT molecular complexity index is 2330. The van der Waals surface area contributed by atoms with E-state index >= 15 is 0 Å². The van der Waals surface area contributed by atoms with Crippen LogP contribution >= 0.6 is 45.3 Å². The number of hydrogen-bond acceptors (Lipinski definition) is 11. The molecule has 4 aromatic heterocycles. The van der Waals surface area contributed by atoms with E-state index in [4.69, 9.17) is 9.47 Å². The molecule has 60 heavy (non-hydrogen) atoms. The number of aryl methyl sites for hydroxylation is 2. The molecule has 0 radical (unpaired) electrons.